The van der Waals surface area contributed by atoms with Gasteiger partial charge in [0.15, 0.2) is 0 Å². The Morgan fingerprint density at radius 2 is 1.89 bits per heavy atom. The van der Waals surface area contributed by atoms with Crippen LogP contribution in [0.25, 0.3) is 0 Å². The van der Waals surface area contributed by atoms with Crippen molar-refractivity contribution in [2.45, 2.75) is 38.5 Å². The molecule has 0 aromatic heterocycles. The largest absolute Gasteiger partial charge is 0.282 e. The molecule has 1 aromatic carbocycles. The lowest BCUT2D eigenvalue weighted by molar-refractivity contribution is 0.108. The average Bonchev–Trinajstić information content (AvgIpc) is 2.39. The predicted molar refractivity (Wildman–Crippen MR) is 72.5 cm³/mol. The van der Waals surface area contributed by atoms with E-state index in [1.54, 1.807) is 31.2 Å². The van der Waals surface area contributed by atoms with Crippen LogP contribution >= 0.6 is 11.8 Å². The highest BCUT2D eigenvalue weighted by atomic mass is 32.2. The van der Waals surface area contributed by atoms with Gasteiger partial charge in [0.25, 0.3) is 0 Å². The van der Waals surface area contributed by atoms with Gasteiger partial charge >= 0.3 is 0 Å². The minimum atomic E-state index is -1.16. The molecule has 0 saturated heterocycles. The zero-order chi connectivity index (χ0) is 13.4. The Balaban J connectivity index is 2.24. The van der Waals surface area contributed by atoms with Crippen molar-refractivity contribution in [1.82, 2.24) is 0 Å². The summed E-state index contributed by atoms with van der Waals surface area (Å²) in [5, 5.41) is -0.0601. The number of carbonyl (C=O) groups is 1. The summed E-state index contributed by atoms with van der Waals surface area (Å²) in [4.78, 5) is 11.7. The van der Waals surface area contributed by atoms with E-state index in [2.05, 4.69) is 0 Å². The molecule has 0 aliphatic rings. The fraction of sp³-hybridized carbons (Fsp3) is 0.500. The van der Waals surface area contributed by atoms with Gasteiger partial charge in [-0.1, -0.05) is 49.0 Å². The first kappa shape index (κ1) is 15.2. The second-order valence-corrected chi connectivity index (χ2v) is 5.20. The maximum absolute atomic E-state index is 13.3. The lowest BCUT2D eigenvalue weighted by Gasteiger charge is -2.09. The van der Waals surface area contributed by atoms with Crippen molar-refractivity contribution in [2.24, 2.45) is 0 Å². The normalized spacial score (nSPS) is 14.2. The number of hydrogen-bond acceptors (Lipinski definition) is 2. The Bertz CT molecular complexity index is 356. The maximum atomic E-state index is 13.3. The van der Waals surface area contributed by atoms with Crippen LogP contribution in [0.15, 0.2) is 30.3 Å². The van der Waals surface area contributed by atoms with E-state index < -0.39 is 12.3 Å². The Morgan fingerprint density at radius 1 is 1.22 bits per heavy atom. The van der Waals surface area contributed by atoms with Gasteiger partial charge in [-0.2, -0.15) is 0 Å². The molecule has 0 N–H and O–H groups in total. The van der Waals surface area contributed by atoms with E-state index in [-0.39, 0.29) is 18.0 Å². The fourth-order valence-corrected chi connectivity index (χ4v) is 2.36. The highest BCUT2D eigenvalue weighted by Crippen LogP contribution is 2.18. The third-order valence-corrected chi connectivity index (χ3v) is 3.57. The predicted octanol–water partition coefficient (Wildman–Crippen LogP) is 4.43. The minimum Gasteiger partial charge on any atom is -0.282 e. The molecule has 0 amide bonds. The van der Waals surface area contributed by atoms with E-state index in [9.17, 15) is 13.6 Å². The van der Waals surface area contributed by atoms with Gasteiger partial charge in [-0.05, 0) is 12.8 Å². The lowest BCUT2D eigenvalue weighted by atomic mass is 10.1. The third kappa shape index (κ3) is 5.63. The zero-order valence-electron chi connectivity index (χ0n) is 10.4. The molecular weight excluding hydrogens is 254 g/mol. The smallest absolute Gasteiger partial charge is 0.219 e. The molecule has 2 unspecified atom stereocenters. The van der Waals surface area contributed by atoms with Gasteiger partial charge in [-0.3, -0.25) is 4.79 Å². The number of alkyl halides is 2. The van der Waals surface area contributed by atoms with Gasteiger partial charge in [0, 0.05) is 17.7 Å². The summed E-state index contributed by atoms with van der Waals surface area (Å²) in [5.74, 6) is 0.394. The van der Waals surface area contributed by atoms with E-state index in [1.807, 2.05) is 6.07 Å². The molecule has 0 bridgehead atoms. The van der Waals surface area contributed by atoms with Gasteiger partial charge in [0.05, 0.1) is 0 Å². The van der Waals surface area contributed by atoms with E-state index in [0.29, 0.717) is 17.7 Å². The second-order valence-electron chi connectivity index (χ2n) is 4.13. The van der Waals surface area contributed by atoms with Gasteiger partial charge in [0.1, 0.15) is 12.3 Å². The van der Waals surface area contributed by atoms with Crippen LogP contribution < -0.4 is 0 Å². The fourth-order valence-electron chi connectivity index (χ4n) is 1.50. The van der Waals surface area contributed by atoms with Crippen LogP contribution in [0, 0.1) is 0 Å². The van der Waals surface area contributed by atoms with Gasteiger partial charge in [0.2, 0.25) is 5.12 Å². The highest BCUT2D eigenvalue weighted by molar-refractivity contribution is 8.14. The van der Waals surface area contributed by atoms with Crippen LogP contribution in [0.1, 0.15) is 36.5 Å². The van der Waals surface area contributed by atoms with Crippen LogP contribution in [0.3, 0.4) is 0 Å². The SMILES string of the molecule is CCC(F)CC(F)CCSC(=O)c1ccccc1. The third-order valence-electron chi connectivity index (χ3n) is 2.63. The van der Waals surface area contributed by atoms with Crippen molar-refractivity contribution in [3.63, 3.8) is 0 Å². The Kier molecular flexibility index (Phi) is 6.94. The van der Waals surface area contributed by atoms with Crippen molar-refractivity contribution in [3.8, 4) is 0 Å². The molecule has 0 fully saturated rings. The first-order valence-corrected chi connectivity index (χ1v) is 7.12. The molecule has 4 heteroatoms. The number of rotatable bonds is 7. The Morgan fingerprint density at radius 3 is 2.50 bits per heavy atom. The van der Waals surface area contributed by atoms with Crippen LogP contribution in [-0.4, -0.2) is 23.2 Å². The number of benzene rings is 1. The molecule has 0 saturated carbocycles. The number of thioether (sulfide) groups is 1. The quantitative estimate of drug-likeness (QED) is 0.730. The molecular formula is C14H18F2OS. The van der Waals surface area contributed by atoms with Gasteiger partial charge < -0.3 is 0 Å². The maximum Gasteiger partial charge on any atom is 0.219 e. The van der Waals surface area contributed by atoms with Crippen molar-refractivity contribution in [3.05, 3.63) is 35.9 Å². The average molecular weight is 272 g/mol. The Labute approximate surface area is 111 Å². The lowest BCUT2D eigenvalue weighted by Crippen LogP contribution is -2.11. The summed E-state index contributed by atoms with van der Waals surface area (Å²) in [6.45, 7) is 1.70. The van der Waals surface area contributed by atoms with Crippen LogP contribution in [0.4, 0.5) is 8.78 Å². The summed E-state index contributed by atoms with van der Waals surface area (Å²) in [7, 11) is 0. The monoisotopic (exact) mass is 272 g/mol. The van der Waals surface area contributed by atoms with Crippen LogP contribution in [0.2, 0.25) is 0 Å². The molecule has 0 aliphatic carbocycles. The van der Waals surface area contributed by atoms with Crippen molar-refractivity contribution in [1.29, 1.82) is 0 Å². The number of carbonyl (C=O) groups excluding carboxylic acids is 1. The molecule has 1 aromatic rings. The summed E-state index contributed by atoms with van der Waals surface area (Å²) in [5.41, 5.74) is 0.620. The molecule has 18 heavy (non-hydrogen) atoms. The van der Waals surface area contributed by atoms with Gasteiger partial charge in [-0.15, -0.1) is 0 Å². The van der Waals surface area contributed by atoms with Crippen molar-refractivity contribution in [2.75, 3.05) is 5.75 Å². The molecule has 0 heterocycles. The van der Waals surface area contributed by atoms with Crippen molar-refractivity contribution >= 4 is 16.9 Å². The summed E-state index contributed by atoms with van der Waals surface area (Å²) >= 11 is 1.09. The van der Waals surface area contributed by atoms with E-state index >= 15 is 0 Å². The van der Waals surface area contributed by atoms with Crippen molar-refractivity contribution < 1.29 is 13.6 Å². The molecule has 100 valence electrons. The molecule has 2 atom stereocenters. The standard InChI is InChI=1S/C14H18F2OS/c1-2-12(15)10-13(16)8-9-18-14(17)11-6-4-3-5-7-11/h3-7,12-13H,2,8-10H2,1H3. The second kappa shape index (κ2) is 8.25. The molecule has 1 nitrogen and oxygen atoms in total. The van der Waals surface area contributed by atoms with E-state index in [4.69, 9.17) is 0 Å². The number of hydrogen-bond donors (Lipinski definition) is 0. The molecule has 0 spiro atoms. The summed E-state index contributed by atoms with van der Waals surface area (Å²) in [6.07, 6.45) is -1.72. The first-order valence-electron chi connectivity index (χ1n) is 6.13. The van der Waals surface area contributed by atoms with E-state index in [1.165, 1.54) is 0 Å². The number of halogens is 2. The molecule has 0 radical (unpaired) electrons. The zero-order valence-corrected chi connectivity index (χ0v) is 11.3. The summed E-state index contributed by atoms with van der Waals surface area (Å²) < 4.78 is 26.2. The van der Waals surface area contributed by atoms with E-state index in [0.717, 1.165) is 11.8 Å². The first-order chi connectivity index (χ1) is 8.63. The van der Waals surface area contributed by atoms with Crippen LogP contribution in [0.5, 0.6) is 0 Å². The van der Waals surface area contributed by atoms with Gasteiger partial charge in [-0.25, -0.2) is 8.78 Å². The molecule has 1 rings (SSSR count). The Hall–Kier alpha value is -0.900. The molecule has 0 aliphatic heterocycles. The summed E-state index contributed by atoms with van der Waals surface area (Å²) in [6, 6.07) is 8.89. The van der Waals surface area contributed by atoms with Crippen LogP contribution in [-0.2, 0) is 0 Å². The highest BCUT2D eigenvalue weighted by Gasteiger charge is 2.14. The minimum absolute atomic E-state index is 0.0589. The topological polar surface area (TPSA) is 17.1 Å².